The second-order valence-electron chi connectivity index (χ2n) is 6.14. The molecule has 1 heterocycles. The summed E-state index contributed by atoms with van der Waals surface area (Å²) in [6.45, 7) is 4.47. The first-order chi connectivity index (χ1) is 11.2. The quantitative estimate of drug-likeness (QED) is 0.830. The Morgan fingerprint density at radius 1 is 1.21 bits per heavy atom. The number of benzene rings is 1. The Kier molecular flexibility index (Phi) is 5.61. The van der Waals surface area contributed by atoms with Gasteiger partial charge in [-0.15, -0.1) is 0 Å². The highest BCUT2D eigenvalue weighted by atomic mass is 32.2. The largest absolute Gasteiger partial charge is 0.480 e. The number of carboxylic acids is 1. The van der Waals surface area contributed by atoms with Gasteiger partial charge in [-0.2, -0.15) is 4.31 Å². The predicted octanol–water partition coefficient (Wildman–Crippen LogP) is 1.31. The monoisotopic (exact) mass is 354 g/mol. The Balaban J connectivity index is 2.11. The molecular formula is C16H22N2O5S. The Hall–Kier alpha value is -1.93. The number of hydrogen-bond donors (Lipinski definition) is 2. The zero-order chi connectivity index (χ0) is 17.9. The number of piperidine rings is 1. The zero-order valence-corrected chi connectivity index (χ0v) is 14.5. The molecule has 0 radical (unpaired) electrons. The van der Waals surface area contributed by atoms with E-state index in [2.05, 4.69) is 12.2 Å². The van der Waals surface area contributed by atoms with Crippen LogP contribution in [0.4, 0.5) is 0 Å². The topological polar surface area (TPSA) is 104 Å². The number of aliphatic carboxylic acids is 1. The molecule has 0 bridgehead atoms. The number of carbonyl (C=O) groups excluding carboxylic acids is 1. The maximum atomic E-state index is 12.6. The van der Waals surface area contributed by atoms with Crippen LogP contribution in [0, 0.1) is 5.92 Å². The van der Waals surface area contributed by atoms with E-state index in [9.17, 15) is 18.0 Å². The molecule has 132 valence electrons. The molecule has 7 nitrogen and oxygen atoms in total. The Morgan fingerprint density at radius 2 is 1.75 bits per heavy atom. The van der Waals surface area contributed by atoms with Crippen molar-refractivity contribution in [2.24, 2.45) is 5.92 Å². The highest BCUT2D eigenvalue weighted by molar-refractivity contribution is 7.89. The molecule has 1 atom stereocenters. The average molecular weight is 354 g/mol. The molecule has 0 aliphatic carbocycles. The van der Waals surface area contributed by atoms with Gasteiger partial charge in [-0.1, -0.05) is 6.92 Å². The standard InChI is InChI=1S/C16H22N2O5S/c1-11-7-9-18(10-8-11)24(22,23)14-5-3-13(4-6-14)15(19)17-12(2)16(20)21/h3-6,11-12H,7-10H2,1-2H3,(H,17,19)(H,20,21)/t12-/m1/s1. The maximum absolute atomic E-state index is 12.6. The van der Waals surface area contributed by atoms with Gasteiger partial charge in [-0.05, 0) is 49.9 Å². The molecule has 1 amide bonds. The first kappa shape index (κ1) is 18.4. The van der Waals surface area contributed by atoms with Crippen LogP contribution in [0.15, 0.2) is 29.2 Å². The van der Waals surface area contributed by atoms with Gasteiger partial charge in [0.05, 0.1) is 4.90 Å². The number of rotatable bonds is 5. The Bertz CT molecular complexity index is 706. The smallest absolute Gasteiger partial charge is 0.325 e. The number of carboxylic acid groups (broad SMARTS) is 1. The molecule has 1 fully saturated rings. The van der Waals surface area contributed by atoms with Gasteiger partial charge >= 0.3 is 5.97 Å². The summed E-state index contributed by atoms with van der Waals surface area (Å²) in [6, 6.07) is 4.53. The van der Waals surface area contributed by atoms with E-state index < -0.39 is 27.9 Å². The lowest BCUT2D eigenvalue weighted by Gasteiger charge is -2.29. The van der Waals surface area contributed by atoms with E-state index in [0.29, 0.717) is 19.0 Å². The van der Waals surface area contributed by atoms with Crippen molar-refractivity contribution < 1.29 is 23.1 Å². The van der Waals surface area contributed by atoms with E-state index in [0.717, 1.165) is 12.8 Å². The summed E-state index contributed by atoms with van der Waals surface area (Å²) >= 11 is 0. The first-order valence-corrected chi connectivity index (χ1v) is 9.29. The number of nitrogens with one attached hydrogen (secondary N) is 1. The lowest BCUT2D eigenvalue weighted by atomic mass is 10.0. The van der Waals surface area contributed by atoms with Gasteiger partial charge in [0.2, 0.25) is 10.0 Å². The van der Waals surface area contributed by atoms with Crippen molar-refractivity contribution in [3.8, 4) is 0 Å². The van der Waals surface area contributed by atoms with Crippen molar-refractivity contribution in [3.63, 3.8) is 0 Å². The molecule has 8 heteroatoms. The summed E-state index contributed by atoms with van der Waals surface area (Å²) in [5.74, 6) is -1.17. The molecule has 24 heavy (non-hydrogen) atoms. The maximum Gasteiger partial charge on any atom is 0.325 e. The van der Waals surface area contributed by atoms with Crippen molar-refractivity contribution in [1.82, 2.24) is 9.62 Å². The van der Waals surface area contributed by atoms with Gasteiger partial charge in [-0.3, -0.25) is 9.59 Å². The molecular weight excluding hydrogens is 332 g/mol. The second-order valence-corrected chi connectivity index (χ2v) is 8.08. The third-order valence-electron chi connectivity index (χ3n) is 4.21. The number of amides is 1. The Morgan fingerprint density at radius 3 is 2.25 bits per heavy atom. The lowest BCUT2D eigenvalue weighted by molar-refractivity contribution is -0.138. The zero-order valence-electron chi connectivity index (χ0n) is 13.7. The minimum atomic E-state index is -3.56. The molecule has 1 aliphatic rings. The summed E-state index contributed by atoms with van der Waals surface area (Å²) in [5.41, 5.74) is 0.217. The second kappa shape index (κ2) is 7.31. The van der Waals surface area contributed by atoms with E-state index in [-0.39, 0.29) is 10.5 Å². The number of hydrogen-bond acceptors (Lipinski definition) is 4. The molecule has 1 aromatic carbocycles. The van der Waals surface area contributed by atoms with Crippen molar-refractivity contribution in [3.05, 3.63) is 29.8 Å². The SMILES string of the molecule is CC1CCN(S(=O)(=O)c2ccc(C(=O)N[C@H](C)C(=O)O)cc2)CC1. The van der Waals surface area contributed by atoms with Crippen LogP contribution in [0.5, 0.6) is 0 Å². The number of nitrogens with zero attached hydrogens (tertiary/aromatic N) is 1. The molecule has 1 aliphatic heterocycles. The van der Waals surface area contributed by atoms with Crippen LogP contribution in [0.25, 0.3) is 0 Å². The van der Waals surface area contributed by atoms with Crippen molar-refractivity contribution in [2.75, 3.05) is 13.1 Å². The summed E-state index contributed by atoms with van der Waals surface area (Å²) in [6.07, 6.45) is 1.68. The van der Waals surface area contributed by atoms with Gasteiger partial charge in [-0.25, -0.2) is 8.42 Å². The molecule has 2 rings (SSSR count). The Labute approximate surface area is 141 Å². The van der Waals surface area contributed by atoms with Gasteiger partial charge < -0.3 is 10.4 Å². The van der Waals surface area contributed by atoms with E-state index in [1.165, 1.54) is 35.5 Å². The fourth-order valence-corrected chi connectivity index (χ4v) is 3.96. The lowest BCUT2D eigenvalue weighted by Crippen LogP contribution is -2.38. The van der Waals surface area contributed by atoms with Crippen molar-refractivity contribution >= 4 is 21.9 Å². The molecule has 0 unspecified atom stereocenters. The number of sulfonamides is 1. The van der Waals surface area contributed by atoms with Gasteiger partial charge in [0.25, 0.3) is 5.91 Å². The molecule has 1 saturated heterocycles. The predicted molar refractivity (Wildman–Crippen MR) is 88.2 cm³/mol. The summed E-state index contributed by atoms with van der Waals surface area (Å²) in [4.78, 5) is 22.8. The van der Waals surface area contributed by atoms with Crippen LogP contribution in [-0.4, -0.2) is 48.8 Å². The minimum Gasteiger partial charge on any atom is -0.480 e. The fraction of sp³-hybridized carbons (Fsp3) is 0.500. The van der Waals surface area contributed by atoms with Gasteiger partial charge in [0, 0.05) is 18.7 Å². The van der Waals surface area contributed by atoms with Crippen LogP contribution in [0.3, 0.4) is 0 Å². The summed E-state index contributed by atoms with van der Waals surface area (Å²) < 4.78 is 26.6. The fourth-order valence-electron chi connectivity index (χ4n) is 2.49. The highest BCUT2D eigenvalue weighted by Gasteiger charge is 2.28. The van der Waals surface area contributed by atoms with E-state index in [1.54, 1.807) is 0 Å². The minimum absolute atomic E-state index is 0.139. The third kappa shape index (κ3) is 4.12. The van der Waals surface area contributed by atoms with Crippen LogP contribution < -0.4 is 5.32 Å². The highest BCUT2D eigenvalue weighted by Crippen LogP contribution is 2.23. The van der Waals surface area contributed by atoms with E-state index in [1.807, 2.05) is 0 Å². The molecule has 0 saturated carbocycles. The molecule has 2 N–H and O–H groups in total. The molecule has 1 aromatic rings. The summed E-state index contributed by atoms with van der Waals surface area (Å²) in [7, 11) is -3.56. The molecule has 0 aromatic heterocycles. The average Bonchev–Trinajstić information content (AvgIpc) is 2.55. The van der Waals surface area contributed by atoms with Crippen LogP contribution in [0.1, 0.15) is 37.0 Å². The van der Waals surface area contributed by atoms with Crippen LogP contribution in [0.2, 0.25) is 0 Å². The van der Waals surface area contributed by atoms with Gasteiger partial charge in [0.1, 0.15) is 6.04 Å². The first-order valence-electron chi connectivity index (χ1n) is 7.85. The van der Waals surface area contributed by atoms with Crippen molar-refractivity contribution in [2.45, 2.75) is 37.6 Å². The van der Waals surface area contributed by atoms with E-state index >= 15 is 0 Å². The number of carbonyl (C=O) groups is 2. The van der Waals surface area contributed by atoms with Crippen molar-refractivity contribution in [1.29, 1.82) is 0 Å². The van der Waals surface area contributed by atoms with Crippen LogP contribution in [-0.2, 0) is 14.8 Å². The third-order valence-corrected chi connectivity index (χ3v) is 6.13. The summed E-state index contributed by atoms with van der Waals surface area (Å²) in [5, 5.41) is 11.1. The van der Waals surface area contributed by atoms with Crippen LogP contribution >= 0.6 is 0 Å². The normalized spacial score (nSPS) is 18.1. The molecule has 0 spiro atoms. The van der Waals surface area contributed by atoms with E-state index in [4.69, 9.17) is 5.11 Å². The van der Waals surface area contributed by atoms with Gasteiger partial charge in [0.15, 0.2) is 0 Å².